The number of anilines is 1. The largest absolute Gasteiger partial charge is 0.486 e. The van der Waals surface area contributed by atoms with E-state index in [0.717, 1.165) is 5.75 Å². The first kappa shape index (κ1) is 16.7. The number of carbonyl (C=O) groups is 1. The van der Waals surface area contributed by atoms with Gasteiger partial charge in [0.2, 0.25) is 5.13 Å². The number of halogens is 2. The van der Waals surface area contributed by atoms with Gasteiger partial charge in [-0.3, -0.25) is 10.1 Å². The van der Waals surface area contributed by atoms with Gasteiger partial charge in [-0.2, -0.15) is 0 Å². The third kappa shape index (κ3) is 4.23. The van der Waals surface area contributed by atoms with Gasteiger partial charge in [0.05, 0.1) is 10.6 Å². The Bertz CT molecular complexity index is 856. The van der Waals surface area contributed by atoms with E-state index in [0.29, 0.717) is 20.7 Å². The first-order chi connectivity index (χ1) is 11.6. The summed E-state index contributed by atoms with van der Waals surface area (Å²) in [7, 11) is 0. The van der Waals surface area contributed by atoms with Crippen LogP contribution in [0.4, 0.5) is 5.13 Å². The van der Waals surface area contributed by atoms with Gasteiger partial charge in [0.25, 0.3) is 5.91 Å². The zero-order valence-electron chi connectivity index (χ0n) is 12.2. The number of hydrogen-bond acceptors (Lipinski definition) is 5. The van der Waals surface area contributed by atoms with Crippen molar-refractivity contribution in [2.75, 3.05) is 5.32 Å². The van der Waals surface area contributed by atoms with Crippen molar-refractivity contribution in [3.8, 4) is 5.75 Å². The predicted molar refractivity (Wildman–Crippen MR) is 95.1 cm³/mol. The molecule has 8 heteroatoms. The average molecular weight is 380 g/mol. The Balaban J connectivity index is 1.62. The number of benzene rings is 2. The van der Waals surface area contributed by atoms with Gasteiger partial charge >= 0.3 is 0 Å². The van der Waals surface area contributed by atoms with Gasteiger partial charge in [-0.05, 0) is 30.3 Å². The average Bonchev–Trinajstić information content (AvgIpc) is 3.01. The molecule has 3 rings (SSSR count). The molecule has 0 radical (unpaired) electrons. The Morgan fingerprint density at radius 3 is 2.67 bits per heavy atom. The van der Waals surface area contributed by atoms with E-state index in [-0.39, 0.29) is 17.5 Å². The van der Waals surface area contributed by atoms with Crippen molar-refractivity contribution in [3.05, 3.63) is 69.1 Å². The van der Waals surface area contributed by atoms with E-state index in [1.165, 1.54) is 17.4 Å². The zero-order chi connectivity index (χ0) is 16.9. The molecule has 3 aromatic rings. The molecule has 0 atom stereocenters. The number of carbonyl (C=O) groups excluding carboxylic acids is 1. The van der Waals surface area contributed by atoms with E-state index in [1.807, 2.05) is 30.3 Å². The van der Waals surface area contributed by atoms with Crippen LogP contribution in [0.3, 0.4) is 0 Å². The molecule has 24 heavy (non-hydrogen) atoms. The second-order valence-electron chi connectivity index (χ2n) is 4.68. The Morgan fingerprint density at radius 1 is 1.12 bits per heavy atom. The van der Waals surface area contributed by atoms with Crippen LogP contribution in [-0.2, 0) is 6.61 Å². The number of hydrogen-bond donors (Lipinski definition) is 1. The fourth-order valence-electron chi connectivity index (χ4n) is 1.86. The third-order valence-electron chi connectivity index (χ3n) is 2.97. The molecule has 5 nitrogen and oxygen atoms in total. The Kier molecular flexibility index (Phi) is 5.30. The van der Waals surface area contributed by atoms with Crippen LogP contribution >= 0.6 is 34.5 Å². The number of rotatable bonds is 5. The van der Waals surface area contributed by atoms with Gasteiger partial charge in [-0.15, -0.1) is 10.2 Å². The molecule has 0 unspecified atom stereocenters. The lowest BCUT2D eigenvalue weighted by Gasteiger charge is -2.04. The number of para-hydroxylation sites is 1. The van der Waals surface area contributed by atoms with Crippen LogP contribution in [0.1, 0.15) is 15.4 Å². The van der Waals surface area contributed by atoms with Gasteiger partial charge in [0, 0.05) is 5.02 Å². The van der Waals surface area contributed by atoms with Crippen molar-refractivity contribution in [1.82, 2.24) is 10.2 Å². The van der Waals surface area contributed by atoms with Gasteiger partial charge in [0.15, 0.2) is 5.01 Å². The molecule has 0 saturated carbocycles. The minimum absolute atomic E-state index is 0.275. The summed E-state index contributed by atoms with van der Waals surface area (Å²) in [6.07, 6.45) is 0. The molecule has 1 N–H and O–H groups in total. The molecule has 1 aromatic heterocycles. The molecule has 122 valence electrons. The van der Waals surface area contributed by atoms with Gasteiger partial charge in [-0.1, -0.05) is 52.7 Å². The summed E-state index contributed by atoms with van der Waals surface area (Å²) in [5, 5.41) is 12.3. The van der Waals surface area contributed by atoms with Crippen LogP contribution < -0.4 is 10.1 Å². The standard InChI is InChI=1S/C16H11Cl2N3O2S/c17-10-6-7-12(13(18)8-10)15(22)19-16-21-20-14(24-16)9-23-11-4-2-1-3-5-11/h1-8H,9H2,(H,19,21,22). The highest BCUT2D eigenvalue weighted by atomic mass is 35.5. The molecule has 0 aliphatic carbocycles. The first-order valence-electron chi connectivity index (χ1n) is 6.88. The molecule has 2 aromatic carbocycles. The fourth-order valence-corrected chi connectivity index (χ4v) is 3.00. The monoisotopic (exact) mass is 379 g/mol. The number of nitrogens with one attached hydrogen (secondary N) is 1. The second-order valence-corrected chi connectivity index (χ2v) is 6.59. The maximum Gasteiger partial charge on any atom is 0.259 e. The predicted octanol–water partition coefficient (Wildman–Crippen LogP) is 4.68. The van der Waals surface area contributed by atoms with E-state index in [2.05, 4.69) is 15.5 Å². The molecule has 0 aliphatic heterocycles. The van der Waals surface area contributed by atoms with Crippen LogP contribution in [0.2, 0.25) is 10.0 Å². The fraction of sp³-hybridized carbons (Fsp3) is 0.0625. The highest BCUT2D eigenvalue weighted by Crippen LogP contribution is 2.23. The summed E-state index contributed by atoms with van der Waals surface area (Å²) in [6, 6.07) is 14.1. The van der Waals surface area contributed by atoms with E-state index in [1.54, 1.807) is 12.1 Å². The molecular formula is C16H11Cl2N3O2S. The number of amides is 1. The maximum absolute atomic E-state index is 12.2. The lowest BCUT2D eigenvalue weighted by molar-refractivity contribution is 0.102. The van der Waals surface area contributed by atoms with Gasteiger partial charge in [0.1, 0.15) is 12.4 Å². The summed E-state index contributed by atoms with van der Waals surface area (Å²) in [6.45, 7) is 0.277. The van der Waals surface area contributed by atoms with Crippen LogP contribution in [0, 0.1) is 0 Å². The summed E-state index contributed by atoms with van der Waals surface area (Å²) in [4.78, 5) is 12.2. The molecule has 0 aliphatic rings. The minimum atomic E-state index is -0.372. The summed E-state index contributed by atoms with van der Waals surface area (Å²) in [5.74, 6) is 0.370. The van der Waals surface area contributed by atoms with E-state index >= 15 is 0 Å². The summed E-state index contributed by atoms with van der Waals surface area (Å²) < 4.78 is 5.59. The van der Waals surface area contributed by atoms with Crippen molar-refractivity contribution in [3.63, 3.8) is 0 Å². The molecular weight excluding hydrogens is 369 g/mol. The van der Waals surface area contributed by atoms with Crippen molar-refractivity contribution in [2.24, 2.45) is 0 Å². The zero-order valence-corrected chi connectivity index (χ0v) is 14.5. The molecule has 1 heterocycles. The highest BCUT2D eigenvalue weighted by molar-refractivity contribution is 7.15. The molecule has 0 bridgehead atoms. The molecule has 0 fully saturated rings. The van der Waals surface area contributed by atoms with Gasteiger partial charge < -0.3 is 4.74 Å². The van der Waals surface area contributed by atoms with E-state index in [9.17, 15) is 4.79 Å². The van der Waals surface area contributed by atoms with Crippen molar-refractivity contribution < 1.29 is 9.53 Å². The Morgan fingerprint density at radius 2 is 1.92 bits per heavy atom. The van der Waals surface area contributed by atoms with Crippen LogP contribution in [0.15, 0.2) is 48.5 Å². The molecule has 1 amide bonds. The van der Waals surface area contributed by atoms with Crippen molar-refractivity contribution in [2.45, 2.75) is 6.61 Å². The second kappa shape index (κ2) is 7.61. The number of ether oxygens (including phenoxy) is 1. The van der Waals surface area contributed by atoms with E-state index in [4.69, 9.17) is 27.9 Å². The maximum atomic E-state index is 12.2. The number of aromatic nitrogens is 2. The normalized spacial score (nSPS) is 10.4. The highest BCUT2D eigenvalue weighted by Gasteiger charge is 2.14. The van der Waals surface area contributed by atoms with Crippen molar-refractivity contribution >= 4 is 45.6 Å². The number of nitrogens with zero attached hydrogens (tertiary/aromatic N) is 2. The quantitative estimate of drug-likeness (QED) is 0.698. The topological polar surface area (TPSA) is 64.1 Å². The molecule has 0 saturated heterocycles. The van der Waals surface area contributed by atoms with Crippen molar-refractivity contribution in [1.29, 1.82) is 0 Å². The van der Waals surface area contributed by atoms with Crippen LogP contribution in [-0.4, -0.2) is 16.1 Å². The molecule has 0 spiro atoms. The van der Waals surface area contributed by atoms with E-state index < -0.39 is 0 Å². The van der Waals surface area contributed by atoms with Crippen LogP contribution in [0.5, 0.6) is 5.75 Å². The van der Waals surface area contributed by atoms with Gasteiger partial charge in [-0.25, -0.2) is 0 Å². The first-order valence-corrected chi connectivity index (χ1v) is 8.46. The Labute approximate surface area is 152 Å². The smallest absolute Gasteiger partial charge is 0.259 e. The lowest BCUT2D eigenvalue weighted by atomic mass is 10.2. The lowest BCUT2D eigenvalue weighted by Crippen LogP contribution is -2.12. The third-order valence-corrected chi connectivity index (χ3v) is 4.33. The summed E-state index contributed by atoms with van der Waals surface area (Å²) >= 11 is 13.1. The van der Waals surface area contributed by atoms with Crippen LogP contribution in [0.25, 0.3) is 0 Å². The summed E-state index contributed by atoms with van der Waals surface area (Å²) in [5.41, 5.74) is 0.318. The Hall–Kier alpha value is -2.15. The SMILES string of the molecule is O=C(Nc1nnc(COc2ccccc2)s1)c1ccc(Cl)cc1Cl. The minimum Gasteiger partial charge on any atom is -0.486 e.